The van der Waals surface area contributed by atoms with Gasteiger partial charge < -0.3 is 20.9 Å². The highest BCUT2D eigenvalue weighted by molar-refractivity contribution is 7.20. The molecule has 0 bridgehead atoms. The van der Waals surface area contributed by atoms with Gasteiger partial charge in [0.1, 0.15) is 0 Å². The van der Waals surface area contributed by atoms with E-state index in [4.69, 9.17) is 10.5 Å². The summed E-state index contributed by atoms with van der Waals surface area (Å²) in [5.41, 5.74) is 7.67. The Bertz CT molecular complexity index is 801. The van der Waals surface area contributed by atoms with Crippen molar-refractivity contribution in [3.05, 3.63) is 35.3 Å². The van der Waals surface area contributed by atoms with E-state index >= 15 is 0 Å². The molecule has 0 radical (unpaired) electrons. The molecule has 2 heterocycles. The summed E-state index contributed by atoms with van der Waals surface area (Å²) in [6.45, 7) is 2.56. The molecule has 0 aliphatic heterocycles. The van der Waals surface area contributed by atoms with Crippen molar-refractivity contribution in [1.82, 2.24) is 4.98 Å². The molecule has 22 heavy (non-hydrogen) atoms. The average molecular weight is 317 g/mol. The van der Waals surface area contributed by atoms with E-state index in [2.05, 4.69) is 10.3 Å². The van der Waals surface area contributed by atoms with Crippen molar-refractivity contribution in [2.75, 3.05) is 19.0 Å². The lowest BCUT2D eigenvalue weighted by atomic mass is 10.1. The number of rotatable bonds is 5. The summed E-state index contributed by atoms with van der Waals surface area (Å²) in [5, 5.41) is 15.6. The summed E-state index contributed by atoms with van der Waals surface area (Å²) >= 11 is 1.52. The van der Waals surface area contributed by atoms with Gasteiger partial charge >= 0.3 is 0 Å². The molecule has 0 spiro atoms. The number of hydrogen-bond acceptors (Lipinski definition) is 6. The maximum absolute atomic E-state index is 10.1. The molecule has 0 saturated carbocycles. The fourth-order valence-electron chi connectivity index (χ4n) is 2.49. The fraction of sp³-hybridized carbons (Fsp3) is 0.312. The van der Waals surface area contributed by atoms with Crippen LogP contribution in [0.2, 0.25) is 0 Å². The molecule has 0 saturated heterocycles. The van der Waals surface area contributed by atoms with Crippen LogP contribution in [0, 0.1) is 0 Å². The van der Waals surface area contributed by atoms with Crippen LogP contribution in [0.5, 0.6) is 0 Å². The number of anilines is 1. The Kier molecular flexibility index (Phi) is 4.26. The molecule has 0 amide bonds. The number of nitrogens with one attached hydrogen (secondary N) is 1. The van der Waals surface area contributed by atoms with Crippen LogP contribution in [-0.4, -0.2) is 29.8 Å². The highest BCUT2D eigenvalue weighted by Gasteiger charge is 2.20. The van der Waals surface area contributed by atoms with Gasteiger partial charge in [-0.2, -0.15) is 0 Å². The summed E-state index contributed by atoms with van der Waals surface area (Å²) in [5.74, 6) is 0. The number of thiophene rings is 1. The molecule has 3 aromatic rings. The van der Waals surface area contributed by atoms with E-state index in [1.165, 1.54) is 18.4 Å². The Morgan fingerprint density at radius 2 is 2.23 bits per heavy atom. The van der Waals surface area contributed by atoms with Gasteiger partial charge in [0.05, 0.1) is 16.1 Å². The van der Waals surface area contributed by atoms with Crippen LogP contribution in [0.25, 0.3) is 21.0 Å². The first-order valence-corrected chi connectivity index (χ1v) is 7.94. The predicted molar refractivity (Wildman–Crippen MR) is 91.2 cm³/mol. The first-order valence-electron chi connectivity index (χ1n) is 7.12. The Hall–Kier alpha value is -1.73. The van der Waals surface area contributed by atoms with Crippen LogP contribution in [0.3, 0.4) is 0 Å². The minimum Gasteiger partial charge on any atom is -0.382 e. The molecule has 3 rings (SSSR count). The van der Waals surface area contributed by atoms with Gasteiger partial charge in [-0.05, 0) is 25.1 Å². The van der Waals surface area contributed by atoms with Crippen molar-refractivity contribution in [3.63, 3.8) is 0 Å². The molecule has 4 N–H and O–H groups in total. The van der Waals surface area contributed by atoms with Crippen LogP contribution >= 0.6 is 11.3 Å². The second kappa shape index (κ2) is 6.18. The Balaban J connectivity index is 2.26. The van der Waals surface area contributed by atoms with E-state index in [0.717, 1.165) is 31.6 Å². The average Bonchev–Trinajstić information content (AvgIpc) is 2.91. The normalized spacial score (nSPS) is 14.4. The van der Waals surface area contributed by atoms with Crippen LogP contribution in [0.15, 0.2) is 30.5 Å². The zero-order valence-electron chi connectivity index (χ0n) is 12.5. The van der Waals surface area contributed by atoms with E-state index in [9.17, 15) is 5.11 Å². The second-order valence-corrected chi connectivity index (χ2v) is 6.38. The monoisotopic (exact) mass is 317 g/mol. The van der Waals surface area contributed by atoms with Crippen LogP contribution in [0.1, 0.15) is 18.1 Å². The third kappa shape index (κ3) is 2.66. The summed E-state index contributed by atoms with van der Waals surface area (Å²) in [4.78, 5) is 5.16. The van der Waals surface area contributed by atoms with Crippen molar-refractivity contribution in [3.8, 4) is 0 Å². The number of hydrogen-bond donors (Lipinski definition) is 3. The minimum atomic E-state index is -0.959. The molecule has 6 heteroatoms. The highest BCUT2D eigenvalue weighted by atomic mass is 32.1. The number of aromatic nitrogens is 1. The summed E-state index contributed by atoms with van der Waals surface area (Å²) in [6, 6.07) is 7.99. The summed E-state index contributed by atoms with van der Waals surface area (Å²) in [7, 11) is 1.49. The molecule has 1 unspecified atom stereocenters. The van der Waals surface area contributed by atoms with Gasteiger partial charge in [0.15, 0.2) is 6.29 Å². The van der Waals surface area contributed by atoms with Crippen molar-refractivity contribution < 1.29 is 9.84 Å². The molecule has 5 nitrogen and oxygen atoms in total. The predicted octanol–water partition coefficient (Wildman–Crippen LogP) is 2.85. The molecule has 1 aromatic carbocycles. The number of aliphatic hydroxyl groups is 1. The van der Waals surface area contributed by atoms with Crippen LogP contribution in [-0.2, 0) is 4.74 Å². The SMILES string of the molecule is COC(O)c1sc2ccc3ncccc3c2c1NC[C@@H](C)N. The smallest absolute Gasteiger partial charge is 0.192 e. The molecule has 2 atom stereocenters. The zero-order valence-corrected chi connectivity index (χ0v) is 13.4. The fourth-order valence-corrected chi connectivity index (χ4v) is 3.65. The van der Waals surface area contributed by atoms with Gasteiger partial charge in [-0.25, -0.2) is 0 Å². The van der Waals surface area contributed by atoms with Gasteiger partial charge in [-0.15, -0.1) is 11.3 Å². The molecule has 116 valence electrons. The van der Waals surface area contributed by atoms with Gasteiger partial charge in [0.2, 0.25) is 0 Å². The molecule has 0 aliphatic carbocycles. The number of nitrogens with two attached hydrogens (primary N) is 1. The number of pyridine rings is 1. The Labute approximate surface area is 132 Å². The number of fused-ring (bicyclic) bond motifs is 3. The number of methoxy groups -OCH3 is 1. The van der Waals surface area contributed by atoms with Crippen molar-refractivity contribution in [2.24, 2.45) is 5.73 Å². The maximum Gasteiger partial charge on any atom is 0.192 e. The van der Waals surface area contributed by atoms with Gasteiger partial charge in [0.25, 0.3) is 0 Å². The van der Waals surface area contributed by atoms with Crippen molar-refractivity contribution in [2.45, 2.75) is 19.3 Å². The quantitative estimate of drug-likeness (QED) is 0.631. The lowest BCUT2D eigenvalue weighted by molar-refractivity contribution is -0.0738. The first kappa shape index (κ1) is 15.2. The standard InChI is InChI=1S/C16H19N3O2S/c1-9(17)8-19-14-13-10-4-3-7-18-11(10)5-6-12(13)22-15(14)16(20)21-2/h3-7,9,16,19-20H,8,17H2,1-2H3/t9-,16?/m1/s1. The lowest BCUT2D eigenvalue weighted by Crippen LogP contribution is -2.25. The lowest BCUT2D eigenvalue weighted by Gasteiger charge is -2.14. The van der Waals surface area contributed by atoms with Gasteiger partial charge in [-0.3, -0.25) is 4.98 Å². The number of nitrogens with zero attached hydrogens (tertiary/aromatic N) is 1. The molecule has 0 aliphatic rings. The Morgan fingerprint density at radius 1 is 1.41 bits per heavy atom. The van der Waals surface area contributed by atoms with Crippen LogP contribution in [0.4, 0.5) is 5.69 Å². The zero-order chi connectivity index (χ0) is 15.7. The third-order valence-corrected chi connectivity index (χ3v) is 4.70. The number of benzene rings is 1. The largest absolute Gasteiger partial charge is 0.382 e. The van der Waals surface area contributed by atoms with Crippen LogP contribution < -0.4 is 11.1 Å². The number of ether oxygens (including phenoxy) is 1. The van der Waals surface area contributed by atoms with E-state index in [1.54, 1.807) is 6.20 Å². The molecule has 0 fully saturated rings. The Morgan fingerprint density at radius 3 is 2.95 bits per heavy atom. The van der Waals surface area contributed by atoms with E-state index < -0.39 is 6.29 Å². The van der Waals surface area contributed by atoms with Gasteiger partial charge in [0, 0.05) is 41.4 Å². The second-order valence-electron chi connectivity index (χ2n) is 5.30. The number of aliphatic hydroxyl groups excluding tert-OH is 1. The molecular formula is C16H19N3O2S. The summed E-state index contributed by atoms with van der Waals surface area (Å²) < 4.78 is 6.19. The molecular weight excluding hydrogens is 298 g/mol. The van der Waals surface area contributed by atoms with Gasteiger partial charge in [-0.1, -0.05) is 6.07 Å². The third-order valence-electron chi connectivity index (χ3n) is 3.51. The van der Waals surface area contributed by atoms with E-state index in [1.807, 2.05) is 31.2 Å². The summed E-state index contributed by atoms with van der Waals surface area (Å²) in [6.07, 6.45) is 0.820. The maximum atomic E-state index is 10.1. The topological polar surface area (TPSA) is 80.4 Å². The molecule has 2 aromatic heterocycles. The van der Waals surface area contributed by atoms with E-state index in [0.29, 0.717) is 6.54 Å². The highest BCUT2D eigenvalue weighted by Crippen LogP contribution is 2.42. The van der Waals surface area contributed by atoms with Crippen molar-refractivity contribution >= 4 is 38.0 Å². The van der Waals surface area contributed by atoms with Crippen molar-refractivity contribution in [1.29, 1.82) is 0 Å². The first-order chi connectivity index (χ1) is 10.6. The minimum absolute atomic E-state index is 0.00980. The van der Waals surface area contributed by atoms with E-state index in [-0.39, 0.29) is 6.04 Å².